The largest absolute Gasteiger partial charge is 0.418 e. The SMILES string of the molecule is Cc1cc(F)c(-c2cc(C(F)(F)F)c3c(N)ncnn23)cc1C(=O)N[C@@H]1CN(C(=O)C2(F)CCC2)C[C@@H]1F. The Morgan fingerprint density at radius 2 is 1.89 bits per heavy atom. The zero-order chi connectivity index (χ0) is 27.6. The van der Waals surface area contributed by atoms with E-state index in [9.17, 15) is 31.5 Å². The van der Waals surface area contributed by atoms with Gasteiger partial charge in [0.15, 0.2) is 11.5 Å². The average molecular weight is 540 g/mol. The van der Waals surface area contributed by atoms with Crippen molar-refractivity contribution in [1.29, 1.82) is 0 Å². The molecule has 1 aliphatic heterocycles. The van der Waals surface area contributed by atoms with Gasteiger partial charge in [0.2, 0.25) is 0 Å². The van der Waals surface area contributed by atoms with Crippen molar-refractivity contribution < 1.29 is 35.9 Å². The molecule has 3 aromatic rings. The van der Waals surface area contributed by atoms with Gasteiger partial charge in [-0.15, -0.1) is 0 Å². The van der Waals surface area contributed by atoms with Crippen LogP contribution in [0.3, 0.4) is 0 Å². The Bertz CT molecular complexity index is 1450. The normalized spacial score (nSPS) is 21.0. The Morgan fingerprint density at radius 3 is 2.53 bits per heavy atom. The van der Waals surface area contributed by atoms with Crippen molar-refractivity contribution in [3.63, 3.8) is 0 Å². The molecule has 3 heterocycles. The molecule has 0 unspecified atom stereocenters. The summed E-state index contributed by atoms with van der Waals surface area (Å²) >= 11 is 0. The summed E-state index contributed by atoms with van der Waals surface area (Å²) < 4.78 is 86.1. The number of halogens is 6. The molecule has 1 saturated heterocycles. The molecule has 0 bridgehead atoms. The van der Waals surface area contributed by atoms with Crippen molar-refractivity contribution in [2.24, 2.45) is 0 Å². The van der Waals surface area contributed by atoms with Crippen LogP contribution in [0.25, 0.3) is 16.8 Å². The molecule has 3 N–H and O–H groups in total. The smallest absolute Gasteiger partial charge is 0.382 e. The molecular weight excluding hydrogens is 518 g/mol. The maximum absolute atomic E-state index is 15.0. The number of nitrogens with zero attached hydrogens (tertiary/aromatic N) is 4. The second kappa shape index (κ2) is 8.88. The fraction of sp³-hybridized carbons (Fsp3) is 0.417. The highest BCUT2D eigenvalue weighted by Gasteiger charge is 2.50. The summed E-state index contributed by atoms with van der Waals surface area (Å²) in [4.78, 5) is 30.1. The van der Waals surface area contributed by atoms with E-state index >= 15 is 4.39 Å². The number of hydrogen-bond donors (Lipinski definition) is 2. The van der Waals surface area contributed by atoms with E-state index in [1.165, 1.54) is 6.92 Å². The summed E-state index contributed by atoms with van der Waals surface area (Å²) in [5.74, 6) is -3.06. The molecule has 1 aromatic carbocycles. The summed E-state index contributed by atoms with van der Waals surface area (Å²) in [6.45, 7) is 0.764. The van der Waals surface area contributed by atoms with Crippen LogP contribution in [0.15, 0.2) is 24.5 Å². The number of amides is 2. The fourth-order valence-electron chi connectivity index (χ4n) is 4.89. The van der Waals surface area contributed by atoms with Crippen molar-refractivity contribution in [1.82, 2.24) is 24.8 Å². The molecule has 5 rings (SSSR count). The minimum atomic E-state index is -4.86. The highest BCUT2D eigenvalue weighted by molar-refractivity contribution is 5.97. The quantitative estimate of drug-likeness (QED) is 0.492. The van der Waals surface area contributed by atoms with Crippen molar-refractivity contribution in [3.8, 4) is 11.3 Å². The molecule has 1 aliphatic carbocycles. The molecule has 0 radical (unpaired) electrons. The number of aromatic nitrogens is 3. The molecule has 2 amide bonds. The summed E-state index contributed by atoms with van der Waals surface area (Å²) in [6, 6.07) is 1.50. The molecule has 2 aromatic heterocycles. The number of aryl methyl sites for hydroxylation is 1. The minimum absolute atomic E-state index is 0.0644. The minimum Gasteiger partial charge on any atom is -0.382 e. The number of nitrogen functional groups attached to an aromatic ring is 1. The van der Waals surface area contributed by atoms with E-state index in [1.54, 1.807) is 0 Å². The van der Waals surface area contributed by atoms with E-state index in [1.807, 2.05) is 0 Å². The fourth-order valence-corrected chi connectivity index (χ4v) is 4.89. The number of alkyl halides is 5. The van der Waals surface area contributed by atoms with Crippen LogP contribution in [-0.4, -0.2) is 62.3 Å². The van der Waals surface area contributed by atoms with Gasteiger partial charge in [-0.1, -0.05) is 0 Å². The van der Waals surface area contributed by atoms with Gasteiger partial charge in [0.1, 0.15) is 23.8 Å². The van der Waals surface area contributed by atoms with Gasteiger partial charge in [-0.2, -0.15) is 18.3 Å². The first-order valence-electron chi connectivity index (χ1n) is 11.7. The van der Waals surface area contributed by atoms with Gasteiger partial charge in [0.25, 0.3) is 11.8 Å². The lowest BCUT2D eigenvalue weighted by molar-refractivity contribution is -0.149. The monoisotopic (exact) mass is 540 g/mol. The van der Waals surface area contributed by atoms with Gasteiger partial charge in [-0.05, 0) is 49.9 Å². The first kappa shape index (κ1) is 25.8. The number of carbonyl (C=O) groups excluding carboxylic acids is 2. The second-order valence-corrected chi connectivity index (χ2v) is 9.62. The molecule has 2 fully saturated rings. The molecule has 14 heteroatoms. The molecule has 38 heavy (non-hydrogen) atoms. The Morgan fingerprint density at radius 1 is 1.18 bits per heavy atom. The first-order valence-corrected chi connectivity index (χ1v) is 11.7. The highest BCUT2D eigenvalue weighted by Crippen LogP contribution is 2.40. The Kier molecular flexibility index (Phi) is 6.03. The van der Waals surface area contributed by atoms with Crippen molar-refractivity contribution in [3.05, 3.63) is 47.0 Å². The van der Waals surface area contributed by atoms with Gasteiger partial charge in [0, 0.05) is 17.7 Å². The van der Waals surface area contributed by atoms with E-state index in [4.69, 9.17) is 5.73 Å². The predicted octanol–water partition coefficient (Wildman–Crippen LogP) is 3.62. The molecule has 202 valence electrons. The zero-order valence-corrected chi connectivity index (χ0v) is 20.0. The number of rotatable bonds is 4. The zero-order valence-electron chi connectivity index (χ0n) is 20.0. The van der Waals surface area contributed by atoms with Crippen LogP contribution in [-0.2, 0) is 11.0 Å². The molecule has 0 spiro atoms. The predicted molar refractivity (Wildman–Crippen MR) is 123 cm³/mol. The second-order valence-electron chi connectivity index (χ2n) is 9.62. The van der Waals surface area contributed by atoms with Gasteiger partial charge >= 0.3 is 6.18 Å². The van der Waals surface area contributed by atoms with Crippen molar-refractivity contribution in [2.75, 3.05) is 18.8 Å². The molecule has 8 nitrogen and oxygen atoms in total. The number of nitrogens with two attached hydrogens (primary N) is 1. The van der Waals surface area contributed by atoms with E-state index in [0.29, 0.717) is 12.5 Å². The van der Waals surface area contributed by atoms with Gasteiger partial charge in [-0.3, -0.25) is 9.59 Å². The topological polar surface area (TPSA) is 106 Å². The van der Waals surface area contributed by atoms with Crippen LogP contribution in [0.5, 0.6) is 0 Å². The average Bonchev–Trinajstić information content (AvgIpc) is 3.39. The van der Waals surface area contributed by atoms with Crippen LogP contribution in [0.2, 0.25) is 0 Å². The molecule has 2 aliphatic rings. The number of anilines is 1. The summed E-state index contributed by atoms with van der Waals surface area (Å²) in [5, 5.41) is 6.23. The number of likely N-dealkylation sites (tertiary alicyclic amines) is 1. The Balaban J connectivity index is 1.46. The number of benzene rings is 1. The van der Waals surface area contributed by atoms with Crippen LogP contribution in [0, 0.1) is 12.7 Å². The van der Waals surface area contributed by atoms with Crippen LogP contribution < -0.4 is 11.1 Å². The standard InChI is InChI=1S/C24H22F6N6O2/c1-11-5-15(25)13(18-7-14(24(28,29)30)19-20(31)32-10-33-36(18)19)6-12(11)21(37)34-17-9-35(8-16(17)26)22(38)23(27)3-2-4-23/h5-7,10,16-17H,2-4,8-9H2,1H3,(H,34,37)(H2,31,32,33)/t16-,17+/m0/s1. The van der Waals surface area contributed by atoms with E-state index in [-0.39, 0.29) is 48.3 Å². The summed E-state index contributed by atoms with van der Waals surface area (Å²) in [6.07, 6.45) is -4.93. The van der Waals surface area contributed by atoms with Crippen molar-refractivity contribution in [2.45, 2.75) is 50.2 Å². The molecular formula is C24H22F6N6O2. The molecule has 2 atom stereocenters. The summed E-state index contributed by atoms with van der Waals surface area (Å²) in [5.41, 5.74) is 1.16. The van der Waals surface area contributed by atoms with E-state index < -0.39 is 58.6 Å². The Hall–Kier alpha value is -3.84. The van der Waals surface area contributed by atoms with Gasteiger partial charge in [0.05, 0.1) is 23.8 Å². The van der Waals surface area contributed by atoms with E-state index in [2.05, 4.69) is 15.4 Å². The van der Waals surface area contributed by atoms with Crippen LogP contribution in [0.4, 0.5) is 32.2 Å². The summed E-state index contributed by atoms with van der Waals surface area (Å²) in [7, 11) is 0. The third-order valence-electron chi connectivity index (χ3n) is 7.10. The third kappa shape index (κ3) is 4.21. The van der Waals surface area contributed by atoms with E-state index in [0.717, 1.165) is 27.9 Å². The lowest BCUT2D eigenvalue weighted by Crippen LogP contribution is -2.50. The maximum atomic E-state index is 15.0. The number of hydrogen-bond acceptors (Lipinski definition) is 5. The van der Waals surface area contributed by atoms with Gasteiger partial charge in [-0.25, -0.2) is 22.7 Å². The van der Waals surface area contributed by atoms with Gasteiger partial charge < -0.3 is 16.0 Å². The lowest BCUT2D eigenvalue weighted by atomic mass is 9.81. The first-order chi connectivity index (χ1) is 17.8. The Labute approximate surface area is 211 Å². The number of nitrogens with one attached hydrogen (secondary N) is 1. The van der Waals surface area contributed by atoms with Crippen molar-refractivity contribution >= 4 is 23.1 Å². The number of carbonyl (C=O) groups is 2. The molecule has 1 saturated carbocycles. The number of fused-ring (bicyclic) bond motifs is 1. The lowest BCUT2D eigenvalue weighted by Gasteiger charge is -2.35. The van der Waals surface area contributed by atoms with Crippen LogP contribution in [0.1, 0.15) is 40.7 Å². The third-order valence-corrected chi connectivity index (χ3v) is 7.10. The highest BCUT2D eigenvalue weighted by atomic mass is 19.4. The maximum Gasteiger partial charge on any atom is 0.418 e. The van der Waals surface area contributed by atoms with Crippen LogP contribution >= 0.6 is 0 Å².